The van der Waals surface area contributed by atoms with Crippen molar-refractivity contribution >= 4 is 11.8 Å². The van der Waals surface area contributed by atoms with E-state index in [0.717, 1.165) is 0 Å². The average Bonchev–Trinajstić information content (AvgIpc) is 2.29. The van der Waals surface area contributed by atoms with Crippen molar-refractivity contribution in [2.75, 3.05) is 6.61 Å². The van der Waals surface area contributed by atoms with Crippen molar-refractivity contribution in [2.24, 2.45) is 0 Å². The van der Waals surface area contributed by atoms with Gasteiger partial charge in [0.25, 0.3) is 0 Å². The van der Waals surface area contributed by atoms with E-state index in [1.165, 1.54) is 13.0 Å². The van der Waals surface area contributed by atoms with E-state index >= 15 is 0 Å². The van der Waals surface area contributed by atoms with E-state index in [-0.39, 0.29) is 17.8 Å². The summed E-state index contributed by atoms with van der Waals surface area (Å²) in [5.41, 5.74) is 0.823. The molecule has 0 spiro atoms. The van der Waals surface area contributed by atoms with Gasteiger partial charge in [0, 0.05) is 12.0 Å². The van der Waals surface area contributed by atoms with Gasteiger partial charge >= 0.3 is 5.97 Å². The molecule has 0 bridgehead atoms. The number of hydrogen-bond donors (Lipinski definition) is 2. The van der Waals surface area contributed by atoms with Crippen LogP contribution in [0.4, 0.5) is 0 Å². The summed E-state index contributed by atoms with van der Waals surface area (Å²) < 4.78 is 5.26. The molecule has 0 saturated heterocycles. The summed E-state index contributed by atoms with van der Waals surface area (Å²) in [6.07, 6.45) is -1.45. The van der Waals surface area contributed by atoms with Crippen LogP contribution in [0.5, 0.6) is 5.75 Å². The van der Waals surface area contributed by atoms with E-state index in [0.29, 0.717) is 17.9 Å². The van der Waals surface area contributed by atoms with Crippen LogP contribution >= 0.6 is 0 Å². The third-order valence-electron chi connectivity index (χ3n) is 2.36. The fraction of sp³-hybridized carbons (Fsp3) is 0.385. The lowest BCUT2D eigenvalue weighted by atomic mass is 10.0. The number of carboxylic acids is 1. The molecule has 1 atom stereocenters. The lowest BCUT2D eigenvalue weighted by Crippen LogP contribution is -2.13. The third-order valence-corrected chi connectivity index (χ3v) is 2.36. The molecule has 0 amide bonds. The van der Waals surface area contributed by atoms with Gasteiger partial charge in [-0.05, 0) is 31.5 Å². The van der Waals surface area contributed by atoms with Crippen LogP contribution in [0, 0.1) is 0 Å². The first kappa shape index (κ1) is 14.2. The van der Waals surface area contributed by atoms with Crippen LogP contribution in [-0.2, 0) is 16.0 Å². The first-order chi connectivity index (χ1) is 8.45. The first-order valence-electron chi connectivity index (χ1n) is 5.61. The van der Waals surface area contributed by atoms with Gasteiger partial charge < -0.3 is 14.9 Å². The minimum atomic E-state index is -1.65. The number of carbonyl (C=O) groups is 2. The molecule has 0 fully saturated rings. The van der Waals surface area contributed by atoms with E-state index in [1.807, 2.05) is 0 Å². The Balaban J connectivity index is 3.14. The summed E-state index contributed by atoms with van der Waals surface area (Å²) in [6, 6.07) is 4.75. The molecule has 1 aromatic rings. The molecule has 1 unspecified atom stereocenters. The number of carbonyl (C=O) groups excluding carboxylic acids is 1. The Morgan fingerprint density at radius 2 is 2.06 bits per heavy atom. The Morgan fingerprint density at radius 3 is 2.56 bits per heavy atom. The molecule has 18 heavy (non-hydrogen) atoms. The second-order valence-corrected chi connectivity index (χ2v) is 3.92. The van der Waals surface area contributed by atoms with Crippen molar-refractivity contribution < 1.29 is 24.5 Å². The van der Waals surface area contributed by atoms with Crippen LogP contribution in [0.1, 0.15) is 31.1 Å². The summed E-state index contributed by atoms with van der Waals surface area (Å²) in [6.45, 7) is 3.58. The van der Waals surface area contributed by atoms with Crippen molar-refractivity contribution in [3.63, 3.8) is 0 Å². The summed E-state index contributed by atoms with van der Waals surface area (Å²) in [7, 11) is 0. The molecule has 5 nitrogen and oxygen atoms in total. The molecular weight excluding hydrogens is 236 g/mol. The van der Waals surface area contributed by atoms with Gasteiger partial charge in [-0.3, -0.25) is 4.79 Å². The number of aliphatic hydroxyl groups excluding tert-OH is 1. The standard InChI is InChI=1S/C13H16O5/c1-3-18-11-5-4-9(6-8(2)14)7-10(11)12(15)13(16)17/h4-5,7,12,15H,3,6H2,1-2H3,(H,16,17). The molecule has 1 rings (SSSR count). The molecule has 0 aromatic heterocycles. The maximum Gasteiger partial charge on any atom is 0.337 e. The van der Waals surface area contributed by atoms with Crippen LogP contribution in [0.3, 0.4) is 0 Å². The van der Waals surface area contributed by atoms with Gasteiger partial charge in [0.1, 0.15) is 11.5 Å². The zero-order valence-corrected chi connectivity index (χ0v) is 10.3. The first-order valence-corrected chi connectivity index (χ1v) is 5.61. The highest BCUT2D eigenvalue weighted by molar-refractivity contribution is 5.79. The van der Waals surface area contributed by atoms with Gasteiger partial charge in [-0.25, -0.2) is 4.79 Å². The van der Waals surface area contributed by atoms with Gasteiger partial charge in [0.05, 0.1) is 6.61 Å². The molecule has 5 heteroatoms. The predicted molar refractivity (Wildman–Crippen MR) is 64.6 cm³/mol. The number of Topliss-reactive ketones (excluding diaryl/α,β-unsaturated/α-hetero) is 1. The Hall–Kier alpha value is -1.88. The highest BCUT2D eigenvalue weighted by Crippen LogP contribution is 2.27. The molecule has 0 heterocycles. The predicted octanol–water partition coefficient (Wildman–Crippen LogP) is 1.33. The minimum Gasteiger partial charge on any atom is -0.493 e. The number of ketones is 1. The zero-order chi connectivity index (χ0) is 13.7. The summed E-state index contributed by atoms with van der Waals surface area (Å²) in [5, 5.41) is 18.4. The normalized spacial score (nSPS) is 11.9. The summed E-state index contributed by atoms with van der Waals surface area (Å²) in [4.78, 5) is 21.8. The molecule has 0 aliphatic carbocycles. The third kappa shape index (κ3) is 3.56. The largest absolute Gasteiger partial charge is 0.493 e. The second-order valence-electron chi connectivity index (χ2n) is 3.92. The lowest BCUT2D eigenvalue weighted by molar-refractivity contribution is -0.147. The minimum absolute atomic E-state index is 0.0325. The SMILES string of the molecule is CCOc1ccc(CC(C)=O)cc1C(O)C(=O)O. The number of hydrogen-bond acceptors (Lipinski definition) is 4. The van der Waals surface area contributed by atoms with Gasteiger partial charge in [-0.2, -0.15) is 0 Å². The fourth-order valence-electron chi connectivity index (χ4n) is 1.63. The summed E-state index contributed by atoms with van der Waals surface area (Å²) >= 11 is 0. The Labute approximate surface area is 105 Å². The molecule has 0 aliphatic rings. The lowest BCUT2D eigenvalue weighted by Gasteiger charge is -2.14. The molecule has 2 N–H and O–H groups in total. The van der Waals surface area contributed by atoms with E-state index in [1.54, 1.807) is 19.1 Å². The monoisotopic (exact) mass is 252 g/mol. The molecule has 0 aliphatic heterocycles. The Bertz CT molecular complexity index is 453. The van der Waals surface area contributed by atoms with Crippen molar-refractivity contribution in [1.29, 1.82) is 0 Å². The number of aliphatic hydroxyl groups is 1. The van der Waals surface area contributed by atoms with Gasteiger partial charge in [-0.15, -0.1) is 0 Å². The van der Waals surface area contributed by atoms with E-state index < -0.39 is 12.1 Å². The van der Waals surface area contributed by atoms with Crippen molar-refractivity contribution in [3.8, 4) is 5.75 Å². The molecule has 98 valence electrons. The second kappa shape index (κ2) is 6.16. The van der Waals surface area contributed by atoms with Crippen LogP contribution in [-0.4, -0.2) is 28.6 Å². The molecule has 1 aromatic carbocycles. The quantitative estimate of drug-likeness (QED) is 0.798. The van der Waals surface area contributed by atoms with Crippen LogP contribution in [0.25, 0.3) is 0 Å². The van der Waals surface area contributed by atoms with E-state index in [4.69, 9.17) is 9.84 Å². The number of ether oxygens (including phenoxy) is 1. The number of benzene rings is 1. The number of aliphatic carboxylic acids is 1. The average molecular weight is 252 g/mol. The van der Waals surface area contributed by atoms with Gasteiger partial charge in [-0.1, -0.05) is 6.07 Å². The Morgan fingerprint density at radius 1 is 1.39 bits per heavy atom. The zero-order valence-electron chi connectivity index (χ0n) is 10.3. The molecule has 0 radical (unpaired) electrons. The smallest absolute Gasteiger partial charge is 0.337 e. The highest BCUT2D eigenvalue weighted by Gasteiger charge is 2.21. The topological polar surface area (TPSA) is 83.8 Å². The summed E-state index contributed by atoms with van der Waals surface area (Å²) in [5.74, 6) is -1.06. The van der Waals surface area contributed by atoms with E-state index in [2.05, 4.69) is 0 Å². The van der Waals surface area contributed by atoms with Crippen molar-refractivity contribution in [1.82, 2.24) is 0 Å². The molecule has 0 saturated carbocycles. The van der Waals surface area contributed by atoms with E-state index in [9.17, 15) is 14.7 Å². The van der Waals surface area contributed by atoms with Gasteiger partial charge in [0.15, 0.2) is 6.10 Å². The van der Waals surface area contributed by atoms with Crippen molar-refractivity contribution in [3.05, 3.63) is 29.3 Å². The maximum absolute atomic E-state index is 11.0. The number of rotatable bonds is 6. The maximum atomic E-state index is 11.0. The van der Waals surface area contributed by atoms with Gasteiger partial charge in [0.2, 0.25) is 0 Å². The Kier molecular flexibility index (Phi) is 4.85. The highest BCUT2D eigenvalue weighted by atomic mass is 16.5. The fourth-order valence-corrected chi connectivity index (χ4v) is 1.63. The van der Waals surface area contributed by atoms with Crippen LogP contribution in [0.15, 0.2) is 18.2 Å². The van der Waals surface area contributed by atoms with Crippen molar-refractivity contribution in [2.45, 2.75) is 26.4 Å². The number of carboxylic acid groups (broad SMARTS) is 1. The molecular formula is C13H16O5. The van der Waals surface area contributed by atoms with Crippen LogP contribution in [0.2, 0.25) is 0 Å². The van der Waals surface area contributed by atoms with Crippen LogP contribution < -0.4 is 4.74 Å².